The van der Waals surface area contributed by atoms with Gasteiger partial charge in [-0.2, -0.15) is 0 Å². The van der Waals surface area contributed by atoms with Crippen molar-refractivity contribution in [1.29, 1.82) is 0 Å². The average Bonchev–Trinajstić information content (AvgIpc) is 2.70. The van der Waals surface area contributed by atoms with E-state index in [-0.39, 0.29) is 0 Å². The highest BCUT2D eigenvalue weighted by Crippen LogP contribution is 2.22. The lowest BCUT2D eigenvalue weighted by Gasteiger charge is -2.22. The molecule has 0 aromatic carbocycles. The Balaban J connectivity index is 2.21. The van der Waals surface area contributed by atoms with Crippen LogP contribution in [0.5, 0.6) is 0 Å². The summed E-state index contributed by atoms with van der Waals surface area (Å²) in [5.41, 5.74) is 0. The van der Waals surface area contributed by atoms with E-state index in [1.54, 1.807) is 0 Å². The number of hydrogen-bond donors (Lipinski definition) is 1. The molecule has 0 amide bonds. The molecule has 0 radical (unpaired) electrons. The molecule has 0 saturated carbocycles. The fourth-order valence-corrected chi connectivity index (χ4v) is 2.60. The molecule has 3 atom stereocenters. The van der Waals surface area contributed by atoms with Crippen molar-refractivity contribution in [3.63, 3.8) is 0 Å². The molecule has 1 aliphatic heterocycles. The second-order valence-corrected chi connectivity index (χ2v) is 5.08. The molecule has 0 bridgehead atoms. The van der Waals surface area contributed by atoms with Gasteiger partial charge in [0.25, 0.3) is 0 Å². The molecule has 0 aliphatic carbocycles. The number of ether oxygens (including phenoxy) is 1. The molecular formula is C13H27NO. The third-order valence-electron chi connectivity index (χ3n) is 3.52. The normalized spacial score (nSPS) is 25.4. The van der Waals surface area contributed by atoms with Gasteiger partial charge in [-0.1, -0.05) is 26.7 Å². The van der Waals surface area contributed by atoms with Gasteiger partial charge in [0.15, 0.2) is 0 Å². The smallest absolute Gasteiger partial charge is 0.0495 e. The monoisotopic (exact) mass is 213 g/mol. The van der Waals surface area contributed by atoms with E-state index in [1.807, 2.05) is 0 Å². The Bertz CT molecular complexity index is 155. The van der Waals surface area contributed by atoms with E-state index in [4.69, 9.17) is 4.74 Å². The maximum absolute atomic E-state index is 5.43. The van der Waals surface area contributed by atoms with Crippen LogP contribution in [0.2, 0.25) is 0 Å². The van der Waals surface area contributed by atoms with Crippen molar-refractivity contribution in [2.24, 2.45) is 11.8 Å². The first-order valence-electron chi connectivity index (χ1n) is 6.51. The summed E-state index contributed by atoms with van der Waals surface area (Å²) in [5.74, 6) is 1.66. The number of rotatable bonds is 7. The lowest BCUT2D eigenvalue weighted by molar-refractivity contribution is 0.180. The Morgan fingerprint density at radius 2 is 2.27 bits per heavy atom. The second kappa shape index (κ2) is 7.24. The van der Waals surface area contributed by atoms with Crippen LogP contribution in [0.1, 0.15) is 46.0 Å². The van der Waals surface area contributed by atoms with Crippen molar-refractivity contribution in [2.45, 2.75) is 52.0 Å². The maximum atomic E-state index is 5.43. The van der Waals surface area contributed by atoms with Crippen molar-refractivity contribution in [2.75, 3.05) is 20.3 Å². The summed E-state index contributed by atoms with van der Waals surface area (Å²) in [4.78, 5) is 0. The van der Waals surface area contributed by atoms with E-state index >= 15 is 0 Å². The lowest BCUT2D eigenvalue weighted by Crippen LogP contribution is -2.30. The van der Waals surface area contributed by atoms with Crippen molar-refractivity contribution < 1.29 is 4.74 Å². The van der Waals surface area contributed by atoms with E-state index in [1.165, 1.54) is 32.1 Å². The third-order valence-corrected chi connectivity index (χ3v) is 3.52. The third kappa shape index (κ3) is 4.98. The Labute approximate surface area is 94.8 Å². The van der Waals surface area contributed by atoms with Gasteiger partial charge in [0.2, 0.25) is 0 Å². The van der Waals surface area contributed by atoms with Gasteiger partial charge >= 0.3 is 0 Å². The molecular weight excluding hydrogens is 186 g/mol. The average molecular weight is 213 g/mol. The number of nitrogens with one attached hydrogen (secondary N) is 1. The van der Waals surface area contributed by atoms with E-state index in [0.29, 0.717) is 6.04 Å². The zero-order valence-electron chi connectivity index (χ0n) is 10.6. The quantitative estimate of drug-likeness (QED) is 0.702. The van der Waals surface area contributed by atoms with Gasteiger partial charge in [0.05, 0.1) is 0 Å². The van der Waals surface area contributed by atoms with Gasteiger partial charge in [-0.15, -0.1) is 0 Å². The lowest BCUT2D eigenvalue weighted by atomic mass is 9.91. The first-order valence-corrected chi connectivity index (χ1v) is 6.51. The van der Waals surface area contributed by atoms with Crippen molar-refractivity contribution in [1.82, 2.24) is 5.32 Å². The van der Waals surface area contributed by atoms with Crippen molar-refractivity contribution in [3.05, 3.63) is 0 Å². The van der Waals surface area contributed by atoms with Crippen LogP contribution in [-0.4, -0.2) is 26.3 Å². The minimum atomic E-state index is 0.693. The molecule has 0 aromatic heterocycles. The molecule has 1 saturated heterocycles. The minimum Gasteiger partial charge on any atom is -0.381 e. The summed E-state index contributed by atoms with van der Waals surface area (Å²) in [6.45, 7) is 6.61. The van der Waals surface area contributed by atoms with Crippen LogP contribution >= 0.6 is 0 Å². The van der Waals surface area contributed by atoms with Crippen LogP contribution in [0.15, 0.2) is 0 Å². The van der Waals surface area contributed by atoms with Crippen LogP contribution in [0.3, 0.4) is 0 Å². The summed E-state index contributed by atoms with van der Waals surface area (Å²) >= 11 is 0. The van der Waals surface area contributed by atoms with E-state index in [0.717, 1.165) is 25.0 Å². The molecule has 15 heavy (non-hydrogen) atoms. The molecule has 0 aromatic rings. The predicted octanol–water partition coefficient (Wildman–Crippen LogP) is 2.83. The zero-order valence-corrected chi connectivity index (χ0v) is 10.6. The topological polar surface area (TPSA) is 21.3 Å². The summed E-state index contributed by atoms with van der Waals surface area (Å²) < 4.78 is 5.43. The molecule has 1 rings (SSSR count). The fourth-order valence-electron chi connectivity index (χ4n) is 2.60. The highest BCUT2D eigenvalue weighted by Gasteiger charge is 2.20. The summed E-state index contributed by atoms with van der Waals surface area (Å²) in [7, 11) is 2.10. The molecule has 1 aliphatic rings. The summed E-state index contributed by atoms with van der Waals surface area (Å²) in [6.07, 6.45) is 6.55. The van der Waals surface area contributed by atoms with Crippen LogP contribution < -0.4 is 5.32 Å². The molecule has 90 valence electrons. The summed E-state index contributed by atoms with van der Waals surface area (Å²) in [5, 5.41) is 3.46. The highest BCUT2D eigenvalue weighted by molar-refractivity contribution is 4.75. The van der Waals surface area contributed by atoms with Crippen LogP contribution in [0.4, 0.5) is 0 Å². The molecule has 0 spiro atoms. The second-order valence-electron chi connectivity index (χ2n) is 5.08. The minimum absolute atomic E-state index is 0.693. The van der Waals surface area contributed by atoms with Crippen molar-refractivity contribution >= 4 is 0 Å². The predicted molar refractivity (Wildman–Crippen MR) is 65.1 cm³/mol. The molecule has 3 unspecified atom stereocenters. The summed E-state index contributed by atoms with van der Waals surface area (Å²) in [6, 6.07) is 0.693. The Hall–Kier alpha value is -0.0800. The Kier molecular flexibility index (Phi) is 6.26. The molecule has 1 N–H and O–H groups in total. The van der Waals surface area contributed by atoms with E-state index in [9.17, 15) is 0 Å². The first-order chi connectivity index (χ1) is 7.26. The van der Waals surface area contributed by atoms with Gasteiger partial charge in [-0.05, 0) is 38.1 Å². The molecule has 1 heterocycles. The fraction of sp³-hybridized carbons (Fsp3) is 1.00. The van der Waals surface area contributed by atoms with Gasteiger partial charge in [0, 0.05) is 19.3 Å². The van der Waals surface area contributed by atoms with Gasteiger partial charge in [-0.3, -0.25) is 0 Å². The van der Waals surface area contributed by atoms with E-state index in [2.05, 4.69) is 26.2 Å². The van der Waals surface area contributed by atoms with Crippen LogP contribution in [-0.2, 0) is 4.74 Å². The molecule has 2 nitrogen and oxygen atoms in total. The SMILES string of the molecule is CCCC(C)CC(CC1CCOC1)NC. The van der Waals surface area contributed by atoms with Gasteiger partial charge in [0.1, 0.15) is 0 Å². The zero-order chi connectivity index (χ0) is 11.1. The largest absolute Gasteiger partial charge is 0.381 e. The highest BCUT2D eigenvalue weighted by atomic mass is 16.5. The molecule has 2 heteroatoms. The Morgan fingerprint density at radius 1 is 1.47 bits per heavy atom. The van der Waals surface area contributed by atoms with E-state index < -0.39 is 0 Å². The Morgan fingerprint density at radius 3 is 2.80 bits per heavy atom. The first kappa shape index (κ1) is 13.0. The van der Waals surface area contributed by atoms with Gasteiger partial charge in [-0.25, -0.2) is 0 Å². The van der Waals surface area contributed by atoms with Crippen LogP contribution in [0.25, 0.3) is 0 Å². The number of hydrogen-bond acceptors (Lipinski definition) is 2. The van der Waals surface area contributed by atoms with Gasteiger partial charge < -0.3 is 10.1 Å². The van der Waals surface area contributed by atoms with Crippen LogP contribution in [0, 0.1) is 11.8 Å². The maximum Gasteiger partial charge on any atom is 0.0495 e. The molecule has 1 fully saturated rings. The standard InChI is InChI=1S/C13H27NO/c1-4-5-11(2)8-13(14-3)9-12-6-7-15-10-12/h11-14H,4-10H2,1-3H3. The van der Waals surface area contributed by atoms with Crippen molar-refractivity contribution in [3.8, 4) is 0 Å².